The number of aliphatic hydroxyl groups is 1. The molecule has 72 valence electrons. The molecular weight excluding hydrogens is 295 g/mol. The van der Waals surface area contributed by atoms with Gasteiger partial charge in [-0.05, 0) is 28.7 Å². The number of hydrogen-bond acceptors (Lipinski definition) is 3. The molecule has 2 N–H and O–H groups in total. The average Bonchev–Trinajstić information content (AvgIpc) is 2.09. The van der Waals surface area contributed by atoms with Gasteiger partial charge in [-0.3, -0.25) is 0 Å². The Labute approximate surface area is 86.6 Å². The van der Waals surface area contributed by atoms with Crippen molar-refractivity contribution < 1.29 is 19.0 Å². The van der Waals surface area contributed by atoms with Crippen LogP contribution in [0, 0.1) is 3.70 Å². The summed E-state index contributed by atoms with van der Waals surface area (Å²) in [5.41, 5.74) is -0.374. The Morgan fingerprint density at radius 2 is 2.15 bits per heavy atom. The molecular formula is C7H6F2INO2. The lowest BCUT2D eigenvalue weighted by Crippen LogP contribution is -1.97. The van der Waals surface area contributed by atoms with Crippen LogP contribution in [0.1, 0.15) is 17.7 Å². The topological polar surface area (TPSA) is 53.4 Å². The highest BCUT2D eigenvalue weighted by molar-refractivity contribution is 14.1. The van der Waals surface area contributed by atoms with E-state index in [4.69, 9.17) is 10.2 Å². The lowest BCUT2D eigenvalue weighted by atomic mass is 10.2. The summed E-state index contributed by atoms with van der Waals surface area (Å²) in [4.78, 5) is 3.69. The number of aromatic nitrogens is 1. The summed E-state index contributed by atoms with van der Waals surface area (Å²) in [5.74, 6) is -0.521. The van der Waals surface area contributed by atoms with Gasteiger partial charge in [-0.1, -0.05) is 0 Å². The third-order valence-corrected chi connectivity index (χ3v) is 2.18. The SMILES string of the molecule is OCc1cc(C(F)F)c(O)c(I)n1. The van der Waals surface area contributed by atoms with Crippen molar-refractivity contribution in [2.75, 3.05) is 0 Å². The van der Waals surface area contributed by atoms with Crippen LogP contribution in [0.2, 0.25) is 0 Å². The van der Waals surface area contributed by atoms with Crippen LogP contribution in [0.4, 0.5) is 8.78 Å². The zero-order valence-electron chi connectivity index (χ0n) is 6.34. The Morgan fingerprint density at radius 1 is 1.54 bits per heavy atom. The fraction of sp³-hybridized carbons (Fsp3) is 0.286. The maximum absolute atomic E-state index is 12.3. The Hall–Kier alpha value is -0.500. The minimum Gasteiger partial charge on any atom is -0.505 e. The van der Waals surface area contributed by atoms with Gasteiger partial charge in [-0.25, -0.2) is 13.8 Å². The van der Waals surface area contributed by atoms with E-state index in [1.165, 1.54) is 0 Å². The monoisotopic (exact) mass is 301 g/mol. The standard InChI is InChI=1S/C7H6F2INO2/c8-6(9)4-1-3(2-12)11-7(10)5(4)13/h1,6,12-13H,2H2. The van der Waals surface area contributed by atoms with Gasteiger partial charge in [0.05, 0.1) is 17.9 Å². The van der Waals surface area contributed by atoms with E-state index in [0.717, 1.165) is 6.07 Å². The van der Waals surface area contributed by atoms with Gasteiger partial charge in [0.15, 0.2) is 5.75 Å². The predicted molar refractivity (Wildman–Crippen MR) is 49.5 cm³/mol. The molecule has 1 rings (SSSR count). The zero-order chi connectivity index (χ0) is 10.0. The number of pyridine rings is 1. The number of aliphatic hydroxyl groups excluding tert-OH is 1. The number of alkyl halides is 2. The second-order valence-corrected chi connectivity index (χ2v) is 3.32. The lowest BCUT2D eigenvalue weighted by molar-refractivity contribution is 0.146. The third kappa shape index (κ3) is 2.25. The van der Waals surface area contributed by atoms with Crippen molar-refractivity contribution in [3.8, 4) is 5.75 Å². The normalized spacial score (nSPS) is 10.8. The van der Waals surface area contributed by atoms with E-state index >= 15 is 0 Å². The number of halogens is 3. The fourth-order valence-corrected chi connectivity index (χ4v) is 1.45. The second kappa shape index (κ2) is 4.14. The lowest BCUT2D eigenvalue weighted by Gasteiger charge is -2.06. The minimum atomic E-state index is -2.76. The average molecular weight is 301 g/mol. The number of aromatic hydroxyl groups is 1. The van der Waals surface area contributed by atoms with Crippen molar-refractivity contribution in [1.82, 2.24) is 4.98 Å². The molecule has 0 aliphatic heterocycles. The zero-order valence-corrected chi connectivity index (χ0v) is 8.49. The Morgan fingerprint density at radius 3 is 2.62 bits per heavy atom. The van der Waals surface area contributed by atoms with Crippen molar-refractivity contribution >= 4 is 22.6 Å². The van der Waals surface area contributed by atoms with Gasteiger partial charge in [0, 0.05) is 0 Å². The summed E-state index contributed by atoms with van der Waals surface area (Å²) < 4.78 is 24.6. The number of hydrogen-bond donors (Lipinski definition) is 2. The minimum absolute atomic E-state index is 0.0689. The van der Waals surface area contributed by atoms with Gasteiger partial charge in [0.25, 0.3) is 6.43 Å². The summed E-state index contributed by atoms with van der Waals surface area (Å²) in [6.07, 6.45) is -2.76. The van der Waals surface area contributed by atoms with Crippen molar-refractivity contribution in [3.63, 3.8) is 0 Å². The second-order valence-electron chi connectivity index (χ2n) is 2.30. The van der Waals surface area contributed by atoms with Crippen molar-refractivity contribution in [2.24, 2.45) is 0 Å². The Kier molecular flexibility index (Phi) is 3.37. The molecule has 0 fully saturated rings. The van der Waals surface area contributed by atoms with Crippen molar-refractivity contribution in [1.29, 1.82) is 0 Å². The van der Waals surface area contributed by atoms with E-state index < -0.39 is 24.3 Å². The van der Waals surface area contributed by atoms with Crippen LogP contribution in [0.15, 0.2) is 6.07 Å². The van der Waals surface area contributed by atoms with Crippen molar-refractivity contribution in [3.05, 3.63) is 21.0 Å². The largest absolute Gasteiger partial charge is 0.505 e. The summed E-state index contributed by atoms with van der Waals surface area (Å²) in [5, 5.41) is 17.8. The first-order valence-corrected chi connectivity index (χ1v) is 4.41. The molecule has 0 spiro atoms. The van der Waals surface area contributed by atoms with E-state index in [1.54, 1.807) is 22.6 Å². The molecule has 0 aromatic carbocycles. The van der Waals surface area contributed by atoms with Crippen LogP contribution in [-0.4, -0.2) is 15.2 Å². The molecule has 0 unspecified atom stereocenters. The maximum atomic E-state index is 12.3. The summed E-state index contributed by atoms with van der Waals surface area (Å²) in [6.45, 7) is -0.421. The molecule has 0 aliphatic carbocycles. The van der Waals surface area contributed by atoms with Crippen LogP contribution < -0.4 is 0 Å². The summed E-state index contributed by atoms with van der Waals surface area (Å²) >= 11 is 1.63. The number of nitrogens with zero attached hydrogens (tertiary/aromatic N) is 1. The van der Waals surface area contributed by atoms with Gasteiger partial charge in [0.1, 0.15) is 3.70 Å². The van der Waals surface area contributed by atoms with Gasteiger partial charge >= 0.3 is 0 Å². The molecule has 0 saturated carbocycles. The fourth-order valence-electron chi connectivity index (χ4n) is 0.826. The van der Waals surface area contributed by atoms with Crippen LogP contribution in [-0.2, 0) is 6.61 Å². The highest BCUT2D eigenvalue weighted by atomic mass is 127. The summed E-state index contributed by atoms with van der Waals surface area (Å²) in [6, 6.07) is 0.988. The molecule has 3 nitrogen and oxygen atoms in total. The van der Waals surface area contributed by atoms with Gasteiger partial charge in [-0.15, -0.1) is 0 Å². The van der Waals surface area contributed by atoms with Gasteiger partial charge < -0.3 is 10.2 Å². The highest BCUT2D eigenvalue weighted by Crippen LogP contribution is 2.31. The molecule has 0 aliphatic rings. The molecule has 0 bridgehead atoms. The highest BCUT2D eigenvalue weighted by Gasteiger charge is 2.17. The third-order valence-electron chi connectivity index (χ3n) is 1.43. The van der Waals surface area contributed by atoms with E-state index in [9.17, 15) is 8.78 Å². The van der Waals surface area contributed by atoms with Crippen LogP contribution in [0.3, 0.4) is 0 Å². The first-order chi connectivity index (χ1) is 6.06. The molecule has 0 atom stereocenters. The van der Waals surface area contributed by atoms with E-state index in [-0.39, 0.29) is 9.39 Å². The summed E-state index contributed by atoms with van der Waals surface area (Å²) in [7, 11) is 0. The molecule has 0 radical (unpaired) electrons. The quantitative estimate of drug-likeness (QED) is 0.647. The number of rotatable bonds is 2. The molecule has 6 heteroatoms. The van der Waals surface area contributed by atoms with E-state index in [1.807, 2.05) is 0 Å². The molecule has 13 heavy (non-hydrogen) atoms. The van der Waals surface area contributed by atoms with Crippen LogP contribution in [0.5, 0.6) is 5.75 Å². The van der Waals surface area contributed by atoms with E-state index in [2.05, 4.69) is 4.98 Å². The molecule has 1 heterocycles. The molecule has 0 saturated heterocycles. The Bertz CT molecular complexity index is 320. The van der Waals surface area contributed by atoms with Crippen LogP contribution >= 0.6 is 22.6 Å². The van der Waals surface area contributed by atoms with Crippen molar-refractivity contribution in [2.45, 2.75) is 13.0 Å². The van der Waals surface area contributed by atoms with E-state index in [0.29, 0.717) is 0 Å². The van der Waals surface area contributed by atoms with Gasteiger partial charge in [-0.2, -0.15) is 0 Å². The maximum Gasteiger partial charge on any atom is 0.267 e. The van der Waals surface area contributed by atoms with Crippen LogP contribution in [0.25, 0.3) is 0 Å². The molecule has 1 aromatic rings. The molecule has 0 amide bonds. The predicted octanol–water partition coefficient (Wildman–Crippen LogP) is 1.82. The Balaban J connectivity index is 3.25. The molecule has 1 aromatic heterocycles. The first kappa shape index (κ1) is 10.6. The van der Waals surface area contributed by atoms with Gasteiger partial charge in [0.2, 0.25) is 0 Å². The smallest absolute Gasteiger partial charge is 0.267 e. The first-order valence-electron chi connectivity index (χ1n) is 3.33.